The summed E-state index contributed by atoms with van der Waals surface area (Å²) in [6.45, 7) is 3.20. The predicted molar refractivity (Wildman–Crippen MR) is 79.6 cm³/mol. The molecule has 4 heteroatoms. The lowest BCUT2D eigenvalue weighted by Gasteiger charge is -2.09. The van der Waals surface area contributed by atoms with E-state index in [-0.39, 0.29) is 6.03 Å². The summed E-state index contributed by atoms with van der Waals surface area (Å²) in [5.41, 5.74) is 1.93. The molecule has 1 fully saturated rings. The van der Waals surface area contributed by atoms with Gasteiger partial charge in [0.2, 0.25) is 0 Å². The zero-order valence-electron chi connectivity index (χ0n) is 11.5. The lowest BCUT2D eigenvalue weighted by atomic mass is 10.2. The van der Waals surface area contributed by atoms with Crippen LogP contribution in [0.3, 0.4) is 0 Å². The van der Waals surface area contributed by atoms with E-state index in [4.69, 9.17) is 0 Å². The highest BCUT2D eigenvalue weighted by Crippen LogP contribution is 2.19. The van der Waals surface area contributed by atoms with E-state index in [9.17, 15) is 4.79 Å². The van der Waals surface area contributed by atoms with Gasteiger partial charge in [0.25, 0.3) is 0 Å². The summed E-state index contributed by atoms with van der Waals surface area (Å²) in [6, 6.07) is 8.13. The van der Waals surface area contributed by atoms with Crippen LogP contribution in [-0.4, -0.2) is 18.6 Å². The van der Waals surface area contributed by atoms with E-state index in [1.807, 2.05) is 24.3 Å². The molecule has 1 aliphatic rings. The second-order valence-corrected chi connectivity index (χ2v) is 5.08. The van der Waals surface area contributed by atoms with Gasteiger partial charge in [0.05, 0.1) is 0 Å². The molecule has 19 heavy (non-hydrogen) atoms. The monoisotopic (exact) mass is 261 g/mol. The van der Waals surface area contributed by atoms with Crippen LogP contribution in [0.5, 0.6) is 0 Å². The number of hydrogen-bond acceptors (Lipinski definition) is 2. The zero-order valence-corrected chi connectivity index (χ0v) is 11.5. The summed E-state index contributed by atoms with van der Waals surface area (Å²) in [4.78, 5) is 11.6. The molecule has 0 atom stereocenters. The number of hydrogen-bond donors (Lipinski definition) is 3. The molecular weight excluding hydrogens is 238 g/mol. The van der Waals surface area contributed by atoms with Crippen molar-refractivity contribution in [2.75, 3.05) is 17.2 Å². The Morgan fingerprint density at radius 1 is 1.16 bits per heavy atom. The van der Waals surface area contributed by atoms with E-state index >= 15 is 0 Å². The van der Waals surface area contributed by atoms with E-state index in [1.165, 1.54) is 19.3 Å². The van der Waals surface area contributed by atoms with E-state index in [2.05, 4.69) is 22.9 Å². The summed E-state index contributed by atoms with van der Waals surface area (Å²) >= 11 is 0. The molecule has 0 aromatic heterocycles. The van der Waals surface area contributed by atoms with Gasteiger partial charge in [-0.2, -0.15) is 0 Å². The quantitative estimate of drug-likeness (QED) is 0.657. The average Bonchev–Trinajstić information content (AvgIpc) is 3.20. The molecule has 1 aliphatic carbocycles. The number of carbonyl (C=O) groups is 1. The lowest BCUT2D eigenvalue weighted by Crippen LogP contribution is -2.30. The van der Waals surface area contributed by atoms with Crippen molar-refractivity contribution in [3.63, 3.8) is 0 Å². The van der Waals surface area contributed by atoms with Gasteiger partial charge in [-0.3, -0.25) is 0 Å². The number of benzene rings is 1. The summed E-state index contributed by atoms with van der Waals surface area (Å²) in [5.74, 6) is 0. The van der Waals surface area contributed by atoms with Crippen LogP contribution in [0.4, 0.5) is 16.2 Å². The topological polar surface area (TPSA) is 53.2 Å². The molecule has 1 aromatic carbocycles. The molecule has 104 valence electrons. The Bertz CT molecular complexity index is 398. The third-order valence-corrected chi connectivity index (χ3v) is 3.16. The third-order valence-electron chi connectivity index (χ3n) is 3.16. The fraction of sp³-hybridized carbons (Fsp3) is 0.533. The minimum absolute atomic E-state index is 0.105. The molecule has 0 radical (unpaired) electrons. The molecule has 2 amide bonds. The molecular formula is C15H23N3O. The molecule has 0 saturated heterocycles. The van der Waals surface area contributed by atoms with Gasteiger partial charge < -0.3 is 16.0 Å². The molecule has 1 aromatic rings. The normalized spacial score (nSPS) is 13.9. The van der Waals surface area contributed by atoms with E-state index in [0.717, 1.165) is 30.8 Å². The number of unbranched alkanes of at least 4 members (excludes halogenated alkanes) is 2. The standard InChI is InChI=1S/C15H23N3O/c1-2-3-4-11-16-12-5-7-13(8-6-12)17-15(19)18-14-9-10-14/h5-8,14,16H,2-4,9-11H2,1H3,(H2,17,18,19). The summed E-state index contributed by atoms with van der Waals surface area (Å²) < 4.78 is 0. The summed E-state index contributed by atoms with van der Waals surface area (Å²) in [5, 5.41) is 9.11. The van der Waals surface area contributed by atoms with Crippen molar-refractivity contribution in [1.82, 2.24) is 5.32 Å². The van der Waals surface area contributed by atoms with Gasteiger partial charge in [-0.1, -0.05) is 19.8 Å². The number of amides is 2. The number of carbonyl (C=O) groups excluding carboxylic acids is 1. The maximum absolute atomic E-state index is 11.6. The van der Waals surface area contributed by atoms with Gasteiger partial charge in [0.1, 0.15) is 0 Å². The molecule has 0 bridgehead atoms. The van der Waals surface area contributed by atoms with Crippen LogP contribution in [0.15, 0.2) is 24.3 Å². The Morgan fingerprint density at radius 3 is 2.47 bits per heavy atom. The van der Waals surface area contributed by atoms with Gasteiger partial charge >= 0.3 is 6.03 Å². The van der Waals surface area contributed by atoms with Crippen LogP contribution in [0.25, 0.3) is 0 Å². The first-order chi connectivity index (χ1) is 9.28. The van der Waals surface area contributed by atoms with E-state index < -0.39 is 0 Å². The van der Waals surface area contributed by atoms with Crippen LogP contribution in [0.1, 0.15) is 39.0 Å². The molecule has 1 saturated carbocycles. The van der Waals surface area contributed by atoms with Gasteiger partial charge in [-0.15, -0.1) is 0 Å². The fourth-order valence-electron chi connectivity index (χ4n) is 1.86. The zero-order chi connectivity index (χ0) is 13.5. The Labute approximate surface area is 115 Å². The molecule has 2 rings (SSSR count). The van der Waals surface area contributed by atoms with Crippen molar-refractivity contribution in [2.45, 2.75) is 45.1 Å². The van der Waals surface area contributed by atoms with Crippen molar-refractivity contribution in [3.05, 3.63) is 24.3 Å². The first kappa shape index (κ1) is 13.7. The molecule has 0 heterocycles. The Morgan fingerprint density at radius 2 is 1.84 bits per heavy atom. The van der Waals surface area contributed by atoms with Crippen LogP contribution < -0.4 is 16.0 Å². The largest absolute Gasteiger partial charge is 0.385 e. The summed E-state index contributed by atoms with van der Waals surface area (Å²) in [7, 11) is 0. The van der Waals surface area contributed by atoms with Crippen LogP contribution in [0.2, 0.25) is 0 Å². The number of urea groups is 1. The molecule has 0 unspecified atom stereocenters. The predicted octanol–water partition coefficient (Wildman–Crippen LogP) is 3.57. The maximum Gasteiger partial charge on any atom is 0.319 e. The SMILES string of the molecule is CCCCCNc1ccc(NC(=O)NC2CC2)cc1. The Balaban J connectivity index is 1.72. The van der Waals surface area contributed by atoms with E-state index in [0.29, 0.717) is 6.04 Å². The first-order valence-electron chi connectivity index (χ1n) is 7.19. The van der Waals surface area contributed by atoms with Crippen molar-refractivity contribution in [1.29, 1.82) is 0 Å². The lowest BCUT2D eigenvalue weighted by molar-refractivity contribution is 0.251. The second kappa shape index (κ2) is 7.02. The Hall–Kier alpha value is -1.71. The minimum Gasteiger partial charge on any atom is -0.385 e. The number of nitrogens with one attached hydrogen (secondary N) is 3. The molecule has 0 spiro atoms. The Kier molecular flexibility index (Phi) is 5.07. The smallest absolute Gasteiger partial charge is 0.319 e. The highest BCUT2D eigenvalue weighted by Gasteiger charge is 2.22. The maximum atomic E-state index is 11.6. The van der Waals surface area contributed by atoms with Gasteiger partial charge in [-0.05, 0) is 43.5 Å². The fourth-order valence-corrected chi connectivity index (χ4v) is 1.86. The molecule has 3 N–H and O–H groups in total. The minimum atomic E-state index is -0.105. The van der Waals surface area contributed by atoms with Crippen molar-refractivity contribution < 1.29 is 4.79 Å². The van der Waals surface area contributed by atoms with Crippen molar-refractivity contribution >= 4 is 17.4 Å². The number of rotatable bonds is 7. The van der Waals surface area contributed by atoms with Crippen LogP contribution in [-0.2, 0) is 0 Å². The van der Waals surface area contributed by atoms with Gasteiger partial charge in [-0.25, -0.2) is 4.79 Å². The first-order valence-corrected chi connectivity index (χ1v) is 7.19. The van der Waals surface area contributed by atoms with Crippen LogP contribution >= 0.6 is 0 Å². The van der Waals surface area contributed by atoms with E-state index in [1.54, 1.807) is 0 Å². The highest BCUT2D eigenvalue weighted by molar-refractivity contribution is 5.89. The van der Waals surface area contributed by atoms with Gasteiger partial charge in [0, 0.05) is 24.0 Å². The van der Waals surface area contributed by atoms with Crippen molar-refractivity contribution in [2.24, 2.45) is 0 Å². The van der Waals surface area contributed by atoms with Crippen LogP contribution in [0, 0.1) is 0 Å². The third kappa shape index (κ3) is 5.20. The highest BCUT2D eigenvalue weighted by atomic mass is 16.2. The van der Waals surface area contributed by atoms with Gasteiger partial charge in [0.15, 0.2) is 0 Å². The molecule has 4 nitrogen and oxygen atoms in total. The second-order valence-electron chi connectivity index (χ2n) is 5.08. The average molecular weight is 261 g/mol. The summed E-state index contributed by atoms with van der Waals surface area (Å²) in [6.07, 6.45) is 5.90. The molecule has 0 aliphatic heterocycles. The number of anilines is 2. The van der Waals surface area contributed by atoms with Crippen molar-refractivity contribution in [3.8, 4) is 0 Å².